The molecule has 33 heavy (non-hydrogen) atoms. The van der Waals surface area contributed by atoms with Crippen LogP contribution in [0.15, 0.2) is 47.8 Å². The molecule has 2 aromatic carbocycles. The van der Waals surface area contributed by atoms with Crippen LogP contribution in [-0.2, 0) is 4.79 Å². The minimum atomic E-state index is -0.220. The molecule has 1 aliphatic heterocycles. The minimum absolute atomic E-state index is 0.000821. The summed E-state index contributed by atoms with van der Waals surface area (Å²) in [5, 5.41) is 9.87. The number of hydrogen-bond acceptors (Lipinski definition) is 6. The second kappa shape index (κ2) is 9.36. The number of urea groups is 1. The third-order valence-electron chi connectivity index (χ3n) is 5.73. The van der Waals surface area contributed by atoms with Gasteiger partial charge in [-0.05, 0) is 43.3 Å². The molecule has 9 heteroatoms. The van der Waals surface area contributed by atoms with Crippen molar-refractivity contribution in [2.24, 2.45) is 0 Å². The Balaban J connectivity index is 1.14. The van der Waals surface area contributed by atoms with Crippen LogP contribution in [0.2, 0.25) is 0 Å². The number of benzene rings is 2. The van der Waals surface area contributed by atoms with Crippen LogP contribution in [0.1, 0.15) is 17.8 Å². The highest BCUT2D eigenvalue weighted by molar-refractivity contribution is 7.21. The Labute approximate surface area is 199 Å². The number of aryl methyl sites for hydroxylation is 1. The number of thiazole rings is 1. The molecule has 170 valence electrons. The van der Waals surface area contributed by atoms with Crippen LogP contribution in [0.5, 0.6) is 5.75 Å². The maximum Gasteiger partial charge on any atom is 0.319 e. The number of amides is 3. The Kier molecular flexibility index (Phi) is 6.15. The van der Waals surface area contributed by atoms with Crippen molar-refractivity contribution in [2.45, 2.75) is 25.8 Å². The van der Waals surface area contributed by atoms with E-state index >= 15 is 0 Å². The highest BCUT2D eigenvalue weighted by Crippen LogP contribution is 2.38. The van der Waals surface area contributed by atoms with Crippen LogP contribution in [0.4, 0.5) is 10.5 Å². The number of ether oxygens (including phenoxy) is 1. The molecule has 4 aromatic rings. The number of hydrogen-bond donors (Lipinski definition) is 2. The molecule has 1 fully saturated rings. The molecule has 0 aliphatic carbocycles. The van der Waals surface area contributed by atoms with Crippen molar-refractivity contribution in [3.63, 3.8) is 0 Å². The van der Waals surface area contributed by atoms with Gasteiger partial charge in [-0.3, -0.25) is 4.79 Å². The van der Waals surface area contributed by atoms with Crippen LogP contribution < -0.4 is 15.4 Å². The van der Waals surface area contributed by atoms with Crippen molar-refractivity contribution in [1.29, 1.82) is 0 Å². The van der Waals surface area contributed by atoms with E-state index in [1.54, 1.807) is 22.7 Å². The molecule has 1 saturated heterocycles. The quantitative estimate of drug-likeness (QED) is 0.421. The normalized spacial score (nSPS) is 14.5. The van der Waals surface area contributed by atoms with Gasteiger partial charge in [-0.15, -0.1) is 22.7 Å². The summed E-state index contributed by atoms with van der Waals surface area (Å²) in [5.41, 5.74) is 1.76. The summed E-state index contributed by atoms with van der Waals surface area (Å²) >= 11 is 3.27. The first-order valence-electron chi connectivity index (χ1n) is 10.9. The molecule has 0 radical (unpaired) electrons. The predicted molar refractivity (Wildman–Crippen MR) is 133 cm³/mol. The van der Waals surface area contributed by atoms with E-state index in [2.05, 4.69) is 15.6 Å². The first-order chi connectivity index (χ1) is 16.1. The Morgan fingerprint density at radius 2 is 1.97 bits per heavy atom. The van der Waals surface area contributed by atoms with Crippen LogP contribution in [0.3, 0.4) is 0 Å². The van der Waals surface area contributed by atoms with E-state index in [9.17, 15) is 9.59 Å². The largest absolute Gasteiger partial charge is 0.483 e. The SMILES string of the molecule is Cc1nc2c(cc(OCC(=O)N3CCC(NC(=O)Nc4ccccc4)CC3)c3ccsc32)s1. The van der Waals surface area contributed by atoms with Crippen LogP contribution >= 0.6 is 22.7 Å². The average molecular weight is 481 g/mol. The zero-order valence-electron chi connectivity index (χ0n) is 18.2. The van der Waals surface area contributed by atoms with Gasteiger partial charge < -0.3 is 20.3 Å². The van der Waals surface area contributed by atoms with E-state index in [-0.39, 0.29) is 24.6 Å². The minimum Gasteiger partial charge on any atom is -0.483 e. The Hall–Kier alpha value is -3.17. The zero-order chi connectivity index (χ0) is 22.8. The summed E-state index contributed by atoms with van der Waals surface area (Å²) in [4.78, 5) is 31.4. The molecule has 2 N–H and O–H groups in total. The third kappa shape index (κ3) is 4.79. The maximum absolute atomic E-state index is 12.8. The number of anilines is 1. The number of thiophene rings is 1. The van der Waals surface area contributed by atoms with Gasteiger partial charge in [-0.25, -0.2) is 9.78 Å². The predicted octanol–water partition coefficient (Wildman–Crippen LogP) is 5.01. The number of rotatable bonds is 5. The lowest BCUT2D eigenvalue weighted by Gasteiger charge is -2.32. The van der Waals surface area contributed by atoms with Crippen LogP contribution in [0.25, 0.3) is 20.3 Å². The fourth-order valence-corrected chi connectivity index (χ4v) is 5.92. The van der Waals surface area contributed by atoms with Gasteiger partial charge in [0.1, 0.15) is 5.75 Å². The molecule has 3 heterocycles. The molecule has 2 aromatic heterocycles. The molecule has 1 aliphatic rings. The summed E-state index contributed by atoms with van der Waals surface area (Å²) in [7, 11) is 0. The van der Waals surface area contributed by atoms with Crippen molar-refractivity contribution in [3.05, 3.63) is 52.9 Å². The van der Waals surface area contributed by atoms with Crippen molar-refractivity contribution < 1.29 is 14.3 Å². The lowest BCUT2D eigenvalue weighted by Crippen LogP contribution is -2.48. The first kappa shape index (κ1) is 21.7. The molecule has 5 rings (SSSR count). The zero-order valence-corrected chi connectivity index (χ0v) is 19.8. The maximum atomic E-state index is 12.8. The van der Waals surface area contributed by atoms with Gasteiger partial charge in [-0.2, -0.15) is 0 Å². The third-order valence-corrected chi connectivity index (χ3v) is 7.57. The molecule has 0 atom stereocenters. The number of piperidine rings is 1. The van der Waals surface area contributed by atoms with E-state index in [1.807, 2.05) is 59.7 Å². The van der Waals surface area contributed by atoms with E-state index < -0.39 is 0 Å². The molecule has 7 nitrogen and oxygen atoms in total. The van der Waals surface area contributed by atoms with E-state index in [1.165, 1.54) is 0 Å². The number of aromatic nitrogens is 1. The molecule has 0 saturated carbocycles. The standard InChI is InChI=1S/C24H24N4O3S2/c1-15-25-22-20(33-15)13-19(18-9-12-32-23(18)22)31-14-21(29)28-10-7-17(8-11-28)27-24(30)26-16-5-3-2-4-6-16/h2-6,9,12-13,17H,7-8,10-11,14H2,1H3,(H2,26,27,30). The van der Waals surface area contributed by atoms with Gasteiger partial charge >= 0.3 is 6.03 Å². The number of likely N-dealkylation sites (tertiary alicyclic amines) is 1. The second-order valence-electron chi connectivity index (χ2n) is 8.03. The van der Waals surface area contributed by atoms with Gasteiger partial charge in [-0.1, -0.05) is 18.2 Å². The van der Waals surface area contributed by atoms with Crippen LogP contribution in [0, 0.1) is 6.92 Å². The smallest absolute Gasteiger partial charge is 0.319 e. The topological polar surface area (TPSA) is 83.6 Å². The lowest BCUT2D eigenvalue weighted by molar-refractivity contribution is -0.134. The fraction of sp³-hybridized carbons (Fsp3) is 0.292. The van der Waals surface area contributed by atoms with Crippen molar-refractivity contribution in [3.8, 4) is 5.75 Å². The van der Waals surface area contributed by atoms with E-state index in [0.717, 1.165) is 49.6 Å². The van der Waals surface area contributed by atoms with E-state index in [0.29, 0.717) is 13.1 Å². The number of nitrogens with zero attached hydrogens (tertiary/aromatic N) is 2. The Morgan fingerprint density at radius 1 is 1.18 bits per heavy atom. The number of nitrogens with one attached hydrogen (secondary N) is 2. The van der Waals surface area contributed by atoms with Gasteiger partial charge in [0.25, 0.3) is 5.91 Å². The molecule has 0 spiro atoms. The summed E-state index contributed by atoms with van der Waals surface area (Å²) in [6.45, 7) is 3.19. The molecular formula is C24H24N4O3S2. The Bertz CT molecular complexity index is 1290. The number of carbonyl (C=O) groups is 2. The van der Waals surface area contributed by atoms with Crippen molar-refractivity contribution >= 4 is 60.6 Å². The number of carbonyl (C=O) groups excluding carboxylic acids is 2. The van der Waals surface area contributed by atoms with E-state index in [4.69, 9.17) is 4.74 Å². The van der Waals surface area contributed by atoms with Gasteiger partial charge in [0.15, 0.2) is 6.61 Å². The summed E-state index contributed by atoms with van der Waals surface area (Å²) in [6, 6.07) is 13.2. The van der Waals surface area contributed by atoms with Crippen LogP contribution in [-0.4, -0.2) is 47.6 Å². The molecular weight excluding hydrogens is 456 g/mol. The monoisotopic (exact) mass is 480 g/mol. The first-order valence-corrected chi connectivity index (χ1v) is 12.6. The lowest BCUT2D eigenvalue weighted by atomic mass is 10.1. The summed E-state index contributed by atoms with van der Waals surface area (Å²) < 4.78 is 8.15. The highest BCUT2D eigenvalue weighted by Gasteiger charge is 2.24. The fourth-order valence-electron chi connectivity index (χ4n) is 4.08. The number of fused-ring (bicyclic) bond motifs is 3. The van der Waals surface area contributed by atoms with Gasteiger partial charge in [0, 0.05) is 36.3 Å². The van der Waals surface area contributed by atoms with Gasteiger partial charge in [0.05, 0.1) is 19.9 Å². The highest BCUT2D eigenvalue weighted by atomic mass is 32.1. The molecule has 0 unspecified atom stereocenters. The van der Waals surface area contributed by atoms with Crippen molar-refractivity contribution in [2.75, 3.05) is 25.0 Å². The number of para-hydroxylation sites is 1. The molecule has 0 bridgehead atoms. The molecule has 3 amide bonds. The summed E-state index contributed by atoms with van der Waals surface area (Å²) in [5.74, 6) is 0.691. The average Bonchev–Trinajstić information content (AvgIpc) is 3.44. The summed E-state index contributed by atoms with van der Waals surface area (Å²) in [6.07, 6.45) is 1.43. The van der Waals surface area contributed by atoms with Crippen molar-refractivity contribution in [1.82, 2.24) is 15.2 Å². The van der Waals surface area contributed by atoms with Gasteiger partial charge in [0.2, 0.25) is 0 Å². The Morgan fingerprint density at radius 3 is 2.76 bits per heavy atom. The second-order valence-corrected chi connectivity index (χ2v) is 10.2.